The van der Waals surface area contributed by atoms with E-state index in [-0.39, 0.29) is 18.6 Å². The van der Waals surface area contributed by atoms with Crippen LogP contribution >= 0.6 is 0 Å². The van der Waals surface area contributed by atoms with Crippen molar-refractivity contribution < 1.29 is 28.5 Å². The maximum atomic E-state index is 13.6. The molecule has 0 radical (unpaired) electrons. The highest BCUT2D eigenvalue weighted by atomic mass is 16.5. The molecule has 4 rings (SSSR count). The second kappa shape index (κ2) is 10.4. The Morgan fingerprint density at radius 3 is 2.24 bits per heavy atom. The van der Waals surface area contributed by atoms with Gasteiger partial charge in [0.25, 0.3) is 5.91 Å². The molecule has 0 aliphatic carbocycles. The minimum Gasteiger partial charge on any atom is -0.497 e. The molecule has 1 unspecified atom stereocenters. The van der Waals surface area contributed by atoms with Gasteiger partial charge >= 0.3 is 0 Å². The van der Waals surface area contributed by atoms with Crippen molar-refractivity contribution in [3.05, 3.63) is 77.4 Å². The van der Waals surface area contributed by atoms with Gasteiger partial charge in [-0.2, -0.15) is 0 Å². The quantitative estimate of drug-likeness (QED) is 0.489. The molecule has 0 aromatic heterocycles. The number of benzene rings is 3. The van der Waals surface area contributed by atoms with Crippen molar-refractivity contribution in [2.45, 2.75) is 12.5 Å². The minimum atomic E-state index is -0.341. The summed E-state index contributed by atoms with van der Waals surface area (Å²) < 4.78 is 28.0. The van der Waals surface area contributed by atoms with E-state index in [0.29, 0.717) is 47.3 Å². The summed E-state index contributed by atoms with van der Waals surface area (Å²) in [6.45, 7) is 0.789. The zero-order valence-electron chi connectivity index (χ0n) is 19.9. The summed E-state index contributed by atoms with van der Waals surface area (Å²) in [7, 11) is 6.42. The van der Waals surface area contributed by atoms with Crippen molar-refractivity contribution in [3.8, 4) is 28.7 Å². The number of hydrogen-bond acceptors (Lipinski definition) is 6. The number of fused-ring (bicyclic) bond motifs is 1. The molecule has 7 heteroatoms. The SMILES string of the molecule is COc1cccc(C(=O)N2CCc3cc(OC)c(OC)cc3C2COc2ccccc2OC)c1. The fourth-order valence-corrected chi connectivity index (χ4v) is 4.28. The van der Waals surface area contributed by atoms with Crippen LogP contribution in [0.1, 0.15) is 27.5 Å². The number of methoxy groups -OCH3 is 4. The van der Waals surface area contributed by atoms with Gasteiger partial charge < -0.3 is 28.6 Å². The van der Waals surface area contributed by atoms with E-state index in [4.69, 9.17) is 23.7 Å². The maximum absolute atomic E-state index is 13.6. The fraction of sp³-hybridized carbons (Fsp3) is 0.296. The lowest BCUT2D eigenvalue weighted by molar-refractivity contribution is 0.0587. The van der Waals surface area contributed by atoms with E-state index < -0.39 is 0 Å². The van der Waals surface area contributed by atoms with Gasteiger partial charge in [0.1, 0.15) is 12.4 Å². The van der Waals surface area contributed by atoms with Gasteiger partial charge in [-0.15, -0.1) is 0 Å². The lowest BCUT2D eigenvalue weighted by atomic mass is 9.91. The van der Waals surface area contributed by atoms with E-state index in [1.54, 1.807) is 40.6 Å². The van der Waals surface area contributed by atoms with Crippen molar-refractivity contribution >= 4 is 5.91 Å². The summed E-state index contributed by atoms with van der Waals surface area (Å²) >= 11 is 0. The van der Waals surface area contributed by atoms with E-state index in [1.165, 1.54) is 0 Å². The lowest BCUT2D eigenvalue weighted by Crippen LogP contribution is -2.42. The second-order valence-electron chi connectivity index (χ2n) is 7.86. The van der Waals surface area contributed by atoms with Gasteiger partial charge in [-0.05, 0) is 60.0 Å². The van der Waals surface area contributed by atoms with Crippen molar-refractivity contribution in [2.75, 3.05) is 41.6 Å². The van der Waals surface area contributed by atoms with Gasteiger partial charge in [0.15, 0.2) is 23.0 Å². The van der Waals surface area contributed by atoms with E-state index in [1.807, 2.05) is 53.4 Å². The molecule has 178 valence electrons. The van der Waals surface area contributed by atoms with Crippen molar-refractivity contribution in [3.63, 3.8) is 0 Å². The Hall–Kier alpha value is -3.87. The van der Waals surface area contributed by atoms with Crippen molar-refractivity contribution in [1.82, 2.24) is 4.90 Å². The zero-order valence-corrected chi connectivity index (χ0v) is 19.9. The number of carbonyl (C=O) groups excluding carboxylic acids is 1. The molecule has 0 spiro atoms. The highest BCUT2D eigenvalue weighted by molar-refractivity contribution is 5.95. The lowest BCUT2D eigenvalue weighted by Gasteiger charge is -2.37. The maximum Gasteiger partial charge on any atom is 0.254 e. The van der Waals surface area contributed by atoms with Crippen LogP contribution < -0.4 is 23.7 Å². The monoisotopic (exact) mass is 463 g/mol. The molecule has 3 aromatic carbocycles. The molecule has 0 fully saturated rings. The number of hydrogen-bond donors (Lipinski definition) is 0. The molecule has 0 N–H and O–H groups in total. The van der Waals surface area contributed by atoms with Gasteiger partial charge in [0, 0.05) is 12.1 Å². The third-order valence-electron chi connectivity index (χ3n) is 6.05. The Morgan fingerprint density at radius 1 is 0.824 bits per heavy atom. The number of rotatable bonds is 8. The number of para-hydroxylation sites is 2. The third-order valence-corrected chi connectivity index (χ3v) is 6.05. The number of nitrogens with zero attached hydrogens (tertiary/aromatic N) is 1. The van der Waals surface area contributed by atoms with E-state index in [9.17, 15) is 4.79 Å². The number of carbonyl (C=O) groups is 1. The molecule has 0 bridgehead atoms. The van der Waals surface area contributed by atoms with Crippen molar-refractivity contribution in [1.29, 1.82) is 0 Å². The molecule has 0 saturated heterocycles. The average molecular weight is 464 g/mol. The predicted octanol–water partition coefficient (Wildman–Crippen LogP) is 4.54. The summed E-state index contributed by atoms with van der Waals surface area (Å²) in [5, 5.41) is 0. The van der Waals surface area contributed by atoms with Gasteiger partial charge in [-0.1, -0.05) is 18.2 Å². The van der Waals surface area contributed by atoms with Crippen LogP contribution in [0.3, 0.4) is 0 Å². The Morgan fingerprint density at radius 2 is 1.53 bits per heavy atom. The van der Waals surface area contributed by atoms with E-state index in [0.717, 1.165) is 11.1 Å². The molecule has 0 saturated carbocycles. The Labute approximate surface area is 199 Å². The molecule has 1 amide bonds. The standard InChI is InChI=1S/C27H29NO6/c1-30-20-9-7-8-19(14-20)27(29)28-13-12-18-15-25(32-3)26(33-4)16-21(18)22(28)17-34-24-11-6-5-10-23(24)31-2/h5-11,14-16,22H,12-13,17H2,1-4H3. The molecule has 1 heterocycles. The average Bonchev–Trinajstić information content (AvgIpc) is 2.90. The molecule has 1 aliphatic rings. The Bertz CT molecular complexity index is 1160. The van der Waals surface area contributed by atoms with Crippen LogP contribution in [0.15, 0.2) is 60.7 Å². The first-order valence-electron chi connectivity index (χ1n) is 11.0. The predicted molar refractivity (Wildman–Crippen MR) is 129 cm³/mol. The first kappa shape index (κ1) is 23.3. The molecule has 1 aliphatic heterocycles. The summed E-state index contributed by atoms with van der Waals surface area (Å²) in [5.74, 6) is 3.07. The minimum absolute atomic E-state index is 0.0899. The molecule has 3 aromatic rings. The topological polar surface area (TPSA) is 66.5 Å². The first-order valence-corrected chi connectivity index (χ1v) is 11.0. The largest absolute Gasteiger partial charge is 0.497 e. The number of amides is 1. The second-order valence-corrected chi connectivity index (χ2v) is 7.86. The smallest absolute Gasteiger partial charge is 0.254 e. The highest BCUT2D eigenvalue weighted by Crippen LogP contribution is 2.39. The van der Waals surface area contributed by atoms with Crippen molar-refractivity contribution in [2.24, 2.45) is 0 Å². The summed E-state index contributed by atoms with van der Waals surface area (Å²) in [6, 6.07) is 18.2. The van der Waals surface area contributed by atoms with Gasteiger partial charge in [0.05, 0.1) is 34.5 Å². The van der Waals surface area contributed by atoms with Crippen LogP contribution in [-0.2, 0) is 6.42 Å². The Balaban J connectivity index is 1.72. The van der Waals surface area contributed by atoms with Crippen LogP contribution in [-0.4, -0.2) is 52.4 Å². The first-order chi connectivity index (χ1) is 16.6. The molecule has 7 nitrogen and oxygen atoms in total. The van der Waals surface area contributed by atoms with Gasteiger partial charge in [-0.25, -0.2) is 0 Å². The van der Waals surface area contributed by atoms with Crippen LogP contribution in [0.4, 0.5) is 0 Å². The van der Waals surface area contributed by atoms with Crippen LogP contribution in [0.5, 0.6) is 28.7 Å². The number of ether oxygens (including phenoxy) is 5. The summed E-state index contributed by atoms with van der Waals surface area (Å²) in [4.78, 5) is 15.5. The molecular weight excluding hydrogens is 434 g/mol. The molecule has 34 heavy (non-hydrogen) atoms. The van der Waals surface area contributed by atoms with Gasteiger partial charge in [0.2, 0.25) is 0 Å². The molecular formula is C27H29NO6. The third kappa shape index (κ3) is 4.59. The van der Waals surface area contributed by atoms with E-state index in [2.05, 4.69) is 0 Å². The Kier molecular flexibility index (Phi) is 7.11. The zero-order chi connectivity index (χ0) is 24.1. The molecule has 1 atom stereocenters. The normalized spacial score (nSPS) is 14.7. The van der Waals surface area contributed by atoms with Gasteiger partial charge in [-0.3, -0.25) is 4.79 Å². The summed E-state index contributed by atoms with van der Waals surface area (Å²) in [5.41, 5.74) is 2.63. The fourth-order valence-electron chi connectivity index (χ4n) is 4.28. The highest BCUT2D eigenvalue weighted by Gasteiger charge is 2.33. The van der Waals surface area contributed by atoms with E-state index >= 15 is 0 Å². The van der Waals surface area contributed by atoms with Crippen LogP contribution in [0.25, 0.3) is 0 Å². The summed E-state index contributed by atoms with van der Waals surface area (Å²) in [6.07, 6.45) is 0.691. The van der Waals surface area contributed by atoms with Crippen LogP contribution in [0.2, 0.25) is 0 Å². The van der Waals surface area contributed by atoms with Crippen LogP contribution in [0, 0.1) is 0 Å².